The second-order valence-electron chi connectivity index (χ2n) is 2.99. The van der Waals surface area contributed by atoms with Crippen LogP contribution in [0.5, 0.6) is 0 Å². The van der Waals surface area contributed by atoms with Crippen LogP contribution in [0.15, 0.2) is 0 Å². The van der Waals surface area contributed by atoms with Gasteiger partial charge in [0.25, 0.3) is 0 Å². The van der Waals surface area contributed by atoms with Crippen molar-refractivity contribution in [3.8, 4) is 0 Å². The summed E-state index contributed by atoms with van der Waals surface area (Å²) in [6, 6.07) is 0. The Morgan fingerprint density at radius 1 is 1.80 bits per heavy atom. The molecule has 1 aliphatic rings. The average molecular weight is 162 g/mol. The molecule has 0 aliphatic carbocycles. The molecule has 0 saturated carbocycles. The van der Waals surface area contributed by atoms with Crippen LogP contribution in [0.1, 0.15) is 33.1 Å². The van der Waals surface area contributed by atoms with Gasteiger partial charge in [-0.2, -0.15) is 0 Å². The lowest BCUT2D eigenvalue weighted by molar-refractivity contribution is 0.00205. The first kappa shape index (κ1) is 8.37. The third kappa shape index (κ3) is 1.65. The van der Waals surface area contributed by atoms with Gasteiger partial charge in [-0.1, -0.05) is 6.92 Å². The average Bonchev–Trinajstić information content (AvgIpc) is 2.33. The molecule has 0 aromatic carbocycles. The molecule has 0 spiro atoms. The summed E-state index contributed by atoms with van der Waals surface area (Å²) in [4.78, 5) is 0. The SMILES string of the molecule is CCC1(C)CCC(SO)O1. The Labute approximate surface area is 66.2 Å². The highest BCUT2D eigenvalue weighted by Gasteiger charge is 2.34. The van der Waals surface area contributed by atoms with Gasteiger partial charge in [-0.15, -0.1) is 0 Å². The van der Waals surface area contributed by atoms with Crippen molar-refractivity contribution < 1.29 is 9.29 Å². The minimum absolute atomic E-state index is 0.0185. The molecule has 1 N–H and O–H groups in total. The van der Waals surface area contributed by atoms with E-state index in [1.807, 2.05) is 0 Å². The first-order valence-electron chi connectivity index (χ1n) is 3.68. The topological polar surface area (TPSA) is 29.5 Å². The zero-order chi connectivity index (χ0) is 7.61. The molecule has 1 saturated heterocycles. The first-order chi connectivity index (χ1) is 4.70. The largest absolute Gasteiger partial charge is 0.359 e. The zero-order valence-corrected chi connectivity index (χ0v) is 7.28. The Morgan fingerprint density at radius 3 is 2.80 bits per heavy atom. The van der Waals surface area contributed by atoms with Gasteiger partial charge in [0.15, 0.2) is 0 Å². The van der Waals surface area contributed by atoms with Crippen LogP contribution in [-0.4, -0.2) is 15.6 Å². The second-order valence-corrected chi connectivity index (χ2v) is 3.73. The predicted molar refractivity (Wildman–Crippen MR) is 43.0 cm³/mol. The molecule has 2 nitrogen and oxygen atoms in total. The molecule has 1 heterocycles. The quantitative estimate of drug-likeness (QED) is 0.632. The van der Waals surface area contributed by atoms with E-state index in [4.69, 9.17) is 9.29 Å². The van der Waals surface area contributed by atoms with Crippen LogP contribution in [0.2, 0.25) is 0 Å². The molecule has 60 valence electrons. The highest BCUT2D eigenvalue weighted by atomic mass is 32.2. The molecule has 3 heteroatoms. The third-order valence-corrected chi connectivity index (χ3v) is 2.76. The van der Waals surface area contributed by atoms with Gasteiger partial charge in [-0.25, -0.2) is 0 Å². The maximum atomic E-state index is 8.69. The van der Waals surface area contributed by atoms with Crippen LogP contribution in [0.4, 0.5) is 0 Å². The van der Waals surface area contributed by atoms with E-state index in [1.54, 1.807) is 0 Å². The van der Waals surface area contributed by atoms with Gasteiger partial charge in [0.1, 0.15) is 5.44 Å². The fourth-order valence-electron chi connectivity index (χ4n) is 1.19. The highest BCUT2D eigenvalue weighted by molar-refractivity contribution is 7.94. The maximum absolute atomic E-state index is 8.69. The van der Waals surface area contributed by atoms with E-state index in [2.05, 4.69) is 13.8 Å². The number of rotatable bonds is 2. The third-order valence-electron chi connectivity index (χ3n) is 2.19. The summed E-state index contributed by atoms with van der Waals surface area (Å²) in [6.07, 6.45) is 3.08. The van der Waals surface area contributed by atoms with E-state index in [1.165, 1.54) is 0 Å². The smallest absolute Gasteiger partial charge is 0.129 e. The fraction of sp³-hybridized carbons (Fsp3) is 1.00. The van der Waals surface area contributed by atoms with Crippen molar-refractivity contribution >= 4 is 12.0 Å². The Bertz CT molecular complexity index is 118. The summed E-state index contributed by atoms with van der Waals surface area (Å²) in [7, 11) is 0. The highest BCUT2D eigenvalue weighted by Crippen LogP contribution is 2.36. The van der Waals surface area contributed by atoms with Crippen molar-refractivity contribution in [3.63, 3.8) is 0 Å². The minimum atomic E-state index is 0.0185. The molecule has 2 atom stereocenters. The van der Waals surface area contributed by atoms with Crippen molar-refractivity contribution in [1.29, 1.82) is 0 Å². The van der Waals surface area contributed by atoms with Crippen LogP contribution in [0, 0.1) is 0 Å². The van der Waals surface area contributed by atoms with E-state index < -0.39 is 0 Å². The van der Waals surface area contributed by atoms with Crippen LogP contribution in [0.3, 0.4) is 0 Å². The number of hydrogen-bond donors (Lipinski definition) is 1. The van der Waals surface area contributed by atoms with Crippen molar-refractivity contribution in [2.24, 2.45) is 0 Å². The molecular formula is C7H14O2S. The molecule has 0 aromatic heterocycles. The van der Waals surface area contributed by atoms with Gasteiger partial charge in [-0.05, 0) is 26.2 Å². The lowest BCUT2D eigenvalue weighted by Gasteiger charge is -2.21. The van der Waals surface area contributed by atoms with Crippen LogP contribution >= 0.6 is 12.0 Å². The van der Waals surface area contributed by atoms with Gasteiger partial charge in [0.2, 0.25) is 0 Å². The monoisotopic (exact) mass is 162 g/mol. The van der Waals surface area contributed by atoms with E-state index >= 15 is 0 Å². The molecule has 0 radical (unpaired) electrons. The normalized spacial score (nSPS) is 40.5. The van der Waals surface area contributed by atoms with Gasteiger partial charge in [-0.3, -0.25) is 0 Å². The van der Waals surface area contributed by atoms with E-state index in [9.17, 15) is 0 Å². The predicted octanol–water partition coefficient (Wildman–Crippen LogP) is 2.50. The number of ether oxygens (including phenoxy) is 1. The fourth-order valence-corrected chi connectivity index (χ4v) is 1.69. The summed E-state index contributed by atoms with van der Waals surface area (Å²) in [5.41, 5.74) is 0.0466. The van der Waals surface area contributed by atoms with E-state index in [0.717, 1.165) is 31.3 Å². The Balaban J connectivity index is 2.41. The van der Waals surface area contributed by atoms with Crippen LogP contribution in [0.25, 0.3) is 0 Å². The van der Waals surface area contributed by atoms with Crippen molar-refractivity contribution in [2.45, 2.75) is 44.1 Å². The van der Waals surface area contributed by atoms with Gasteiger partial charge in [0.05, 0.1) is 5.60 Å². The van der Waals surface area contributed by atoms with Gasteiger partial charge < -0.3 is 9.29 Å². The van der Waals surface area contributed by atoms with E-state index in [0.29, 0.717) is 0 Å². The lowest BCUT2D eigenvalue weighted by Crippen LogP contribution is -2.22. The molecule has 1 fully saturated rings. The van der Waals surface area contributed by atoms with Crippen LogP contribution < -0.4 is 0 Å². The molecule has 0 aromatic rings. The summed E-state index contributed by atoms with van der Waals surface area (Å²) < 4.78 is 14.2. The molecule has 10 heavy (non-hydrogen) atoms. The minimum Gasteiger partial charge on any atom is -0.359 e. The van der Waals surface area contributed by atoms with Crippen molar-refractivity contribution in [1.82, 2.24) is 0 Å². The summed E-state index contributed by atoms with van der Waals surface area (Å²) >= 11 is 0.828. The molecule has 1 rings (SSSR count). The Hall–Kier alpha value is 0.270. The van der Waals surface area contributed by atoms with Gasteiger partial charge >= 0.3 is 0 Å². The molecular weight excluding hydrogens is 148 g/mol. The Morgan fingerprint density at radius 2 is 2.50 bits per heavy atom. The van der Waals surface area contributed by atoms with Crippen molar-refractivity contribution in [2.75, 3.05) is 0 Å². The van der Waals surface area contributed by atoms with Crippen LogP contribution in [-0.2, 0) is 4.74 Å². The summed E-state index contributed by atoms with van der Waals surface area (Å²) in [6.45, 7) is 4.22. The standard InChI is InChI=1S/C7H14O2S/c1-3-7(2)5-4-6(9-7)10-8/h6,8H,3-5H2,1-2H3. The molecule has 0 amide bonds. The van der Waals surface area contributed by atoms with E-state index in [-0.39, 0.29) is 11.0 Å². The van der Waals surface area contributed by atoms with Gasteiger partial charge in [0, 0.05) is 12.0 Å². The lowest BCUT2D eigenvalue weighted by atomic mass is 10.0. The van der Waals surface area contributed by atoms with Crippen molar-refractivity contribution in [3.05, 3.63) is 0 Å². The summed E-state index contributed by atoms with van der Waals surface area (Å²) in [5, 5.41) is 0. The zero-order valence-electron chi connectivity index (χ0n) is 6.46. The molecule has 0 bridgehead atoms. The molecule has 2 unspecified atom stereocenters. The maximum Gasteiger partial charge on any atom is 0.129 e. The Kier molecular flexibility index (Phi) is 2.61. The number of hydrogen-bond acceptors (Lipinski definition) is 3. The second kappa shape index (κ2) is 3.11. The first-order valence-corrected chi connectivity index (χ1v) is 4.52. The molecule has 1 aliphatic heterocycles. The summed E-state index contributed by atoms with van der Waals surface area (Å²) in [5.74, 6) is 0.